The Hall–Kier alpha value is -1.93. The van der Waals surface area contributed by atoms with Gasteiger partial charge in [-0.2, -0.15) is 0 Å². The molecule has 0 unspecified atom stereocenters. The topological polar surface area (TPSA) is 95.6 Å². The van der Waals surface area contributed by atoms with Gasteiger partial charge in [0.05, 0.1) is 17.0 Å². The van der Waals surface area contributed by atoms with Crippen LogP contribution in [0, 0.1) is 5.92 Å². The number of amides is 2. The number of hydrogen-bond acceptors (Lipinski definition) is 4. The molecule has 0 bridgehead atoms. The van der Waals surface area contributed by atoms with E-state index >= 15 is 0 Å². The number of piperidine rings is 1. The fraction of sp³-hybridized carbons (Fsp3) is 0.619. The summed E-state index contributed by atoms with van der Waals surface area (Å²) in [5, 5.41) is 5.99. The zero-order chi connectivity index (χ0) is 20.9. The molecular formula is C21H31N3O4S. The average Bonchev–Trinajstić information content (AvgIpc) is 2.75. The Labute approximate surface area is 173 Å². The van der Waals surface area contributed by atoms with E-state index in [1.807, 2.05) is 0 Å². The van der Waals surface area contributed by atoms with Gasteiger partial charge in [-0.05, 0) is 44.7 Å². The van der Waals surface area contributed by atoms with Gasteiger partial charge in [-0.1, -0.05) is 31.4 Å². The molecule has 8 heteroatoms. The van der Waals surface area contributed by atoms with Gasteiger partial charge in [0.1, 0.15) is 0 Å². The largest absolute Gasteiger partial charge is 0.349 e. The molecule has 2 fully saturated rings. The Balaban J connectivity index is 1.60. The molecule has 7 nitrogen and oxygen atoms in total. The summed E-state index contributed by atoms with van der Waals surface area (Å²) in [6.45, 7) is 2.35. The number of rotatable bonds is 6. The molecule has 1 aromatic rings. The maximum absolute atomic E-state index is 12.7. The minimum Gasteiger partial charge on any atom is -0.349 e. The molecule has 2 N–H and O–H groups in total. The lowest BCUT2D eigenvalue weighted by molar-refractivity contribution is -0.120. The van der Waals surface area contributed by atoms with Crippen molar-refractivity contribution in [2.45, 2.75) is 57.9 Å². The van der Waals surface area contributed by atoms with E-state index in [1.54, 1.807) is 31.2 Å². The molecule has 2 amide bonds. The molecule has 0 radical (unpaired) electrons. The Morgan fingerprint density at radius 2 is 1.69 bits per heavy atom. The fourth-order valence-corrected chi connectivity index (χ4v) is 5.25. The third-order valence-electron chi connectivity index (χ3n) is 5.95. The van der Waals surface area contributed by atoms with Gasteiger partial charge in [0.2, 0.25) is 15.9 Å². The Morgan fingerprint density at radius 3 is 2.34 bits per heavy atom. The second-order valence-corrected chi connectivity index (χ2v) is 10.2. The van der Waals surface area contributed by atoms with E-state index in [0.717, 1.165) is 25.7 Å². The van der Waals surface area contributed by atoms with Crippen LogP contribution in [-0.4, -0.2) is 49.4 Å². The van der Waals surface area contributed by atoms with Crippen LogP contribution in [0.4, 0.5) is 5.69 Å². The highest BCUT2D eigenvalue weighted by Crippen LogP contribution is 2.24. The van der Waals surface area contributed by atoms with Gasteiger partial charge < -0.3 is 10.6 Å². The summed E-state index contributed by atoms with van der Waals surface area (Å²) in [5.41, 5.74) is 0.979. The van der Waals surface area contributed by atoms with Crippen molar-refractivity contribution in [2.75, 3.05) is 24.2 Å². The summed E-state index contributed by atoms with van der Waals surface area (Å²) in [6.07, 6.45) is 6.46. The number of anilines is 1. The van der Waals surface area contributed by atoms with Crippen molar-refractivity contribution >= 4 is 27.5 Å². The van der Waals surface area contributed by atoms with E-state index < -0.39 is 10.0 Å². The van der Waals surface area contributed by atoms with Crippen molar-refractivity contribution in [3.63, 3.8) is 0 Å². The first-order valence-electron chi connectivity index (χ1n) is 10.6. The SMILES string of the molecule is CCS(=O)(=O)N1CCC(C(=O)Nc2ccccc2C(=O)NC2CCCCC2)CC1. The molecule has 1 aliphatic carbocycles. The number of carbonyl (C=O) groups is 2. The third kappa shape index (κ3) is 5.57. The lowest BCUT2D eigenvalue weighted by atomic mass is 9.95. The van der Waals surface area contributed by atoms with Crippen molar-refractivity contribution in [1.82, 2.24) is 9.62 Å². The molecular weight excluding hydrogens is 390 g/mol. The fourth-order valence-electron chi connectivity index (χ4n) is 4.11. The van der Waals surface area contributed by atoms with Crippen molar-refractivity contribution in [3.05, 3.63) is 29.8 Å². The summed E-state index contributed by atoms with van der Waals surface area (Å²) >= 11 is 0. The summed E-state index contributed by atoms with van der Waals surface area (Å²) in [6, 6.07) is 7.25. The standard InChI is InChI=1S/C21H31N3O4S/c1-2-29(27,28)24-14-12-16(13-15-24)20(25)23-19-11-7-6-10-18(19)21(26)22-17-8-4-3-5-9-17/h6-7,10-11,16-17H,2-5,8-9,12-15H2,1H3,(H,22,26)(H,23,25). The minimum atomic E-state index is -3.21. The molecule has 1 heterocycles. The van der Waals surface area contributed by atoms with Crippen LogP contribution in [0.5, 0.6) is 0 Å². The van der Waals surface area contributed by atoms with E-state index in [9.17, 15) is 18.0 Å². The van der Waals surface area contributed by atoms with Crippen LogP contribution in [0.1, 0.15) is 62.2 Å². The summed E-state index contributed by atoms with van der Waals surface area (Å²) in [5.74, 6) is -0.492. The molecule has 1 aliphatic heterocycles. The monoisotopic (exact) mass is 421 g/mol. The van der Waals surface area contributed by atoms with Crippen molar-refractivity contribution in [1.29, 1.82) is 0 Å². The molecule has 1 aromatic carbocycles. The van der Waals surface area contributed by atoms with Gasteiger partial charge >= 0.3 is 0 Å². The maximum atomic E-state index is 12.7. The Bertz CT molecular complexity index is 826. The average molecular weight is 422 g/mol. The van der Waals surface area contributed by atoms with E-state index in [4.69, 9.17) is 0 Å². The van der Waals surface area contributed by atoms with E-state index in [0.29, 0.717) is 37.2 Å². The van der Waals surface area contributed by atoms with E-state index in [1.165, 1.54) is 10.7 Å². The number of nitrogens with zero attached hydrogens (tertiary/aromatic N) is 1. The summed E-state index contributed by atoms with van der Waals surface area (Å²) in [4.78, 5) is 25.5. The van der Waals surface area contributed by atoms with Gasteiger partial charge in [0.25, 0.3) is 5.91 Å². The van der Waals surface area contributed by atoms with Crippen LogP contribution in [-0.2, 0) is 14.8 Å². The Morgan fingerprint density at radius 1 is 1.03 bits per heavy atom. The first-order valence-corrected chi connectivity index (χ1v) is 12.2. The molecule has 2 aliphatic rings. The lowest BCUT2D eigenvalue weighted by Crippen LogP contribution is -2.42. The van der Waals surface area contributed by atoms with Crippen molar-refractivity contribution in [3.8, 4) is 0 Å². The molecule has 160 valence electrons. The van der Waals surface area contributed by atoms with Crippen LogP contribution in [0.2, 0.25) is 0 Å². The third-order valence-corrected chi connectivity index (χ3v) is 7.83. The van der Waals surface area contributed by atoms with Crippen molar-refractivity contribution in [2.24, 2.45) is 5.92 Å². The van der Waals surface area contributed by atoms with Crippen molar-refractivity contribution < 1.29 is 18.0 Å². The second kappa shape index (κ2) is 9.71. The predicted molar refractivity (Wildman–Crippen MR) is 113 cm³/mol. The first kappa shape index (κ1) is 21.8. The normalized spacial score (nSPS) is 19.6. The molecule has 0 atom stereocenters. The number of carbonyl (C=O) groups excluding carboxylic acids is 2. The summed E-state index contributed by atoms with van der Waals surface area (Å²) < 4.78 is 25.4. The van der Waals surface area contributed by atoms with Gasteiger partial charge in [0.15, 0.2) is 0 Å². The van der Waals surface area contributed by atoms with Crippen LogP contribution in [0.15, 0.2) is 24.3 Å². The highest BCUT2D eigenvalue weighted by atomic mass is 32.2. The van der Waals surface area contributed by atoms with E-state index in [2.05, 4.69) is 10.6 Å². The number of sulfonamides is 1. The maximum Gasteiger partial charge on any atom is 0.253 e. The zero-order valence-electron chi connectivity index (χ0n) is 17.0. The summed E-state index contributed by atoms with van der Waals surface area (Å²) in [7, 11) is -3.21. The Kier molecular flexibility index (Phi) is 7.29. The highest BCUT2D eigenvalue weighted by molar-refractivity contribution is 7.89. The first-order chi connectivity index (χ1) is 13.9. The molecule has 1 saturated heterocycles. The number of benzene rings is 1. The zero-order valence-corrected chi connectivity index (χ0v) is 17.8. The number of nitrogens with one attached hydrogen (secondary N) is 2. The number of para-hydroxylation sites is 1. The van der Waals surface area contributed by atoms with Gasteiger partial charge in [-0.25, -0.2) is 12.7 Å². The van der Waals surface area contributed by atoms with Crippen LogP contribution in [0.3, 0.4) is 0 Å². The quantitative estimate of drug-likeness (QED) is 0.738. The minimum absolute atomic E-state index is 0.0767. The molecule has 0 spiro atoms. The molecule has 29 heavy (non-hydrogen) atoms. The van der Waals surface area contributed by atoms with Crippen LogP contribution < -0.4 is 10.6 Å². The predicted octanol–water partition coefficient (Wildman–Crippen LogP) is 2.75. The molecule has 1 saturated carbocycles. The highest BCUT2D eigenvalue weighted by Gasteiger charge is 2.30. The van der Waals surface area contributed by atoms with Crippen LogP contribution >= 0.6 is 0 Å². The van der Waals surface area contributed by atoms with Gasteiger partial charge in [0, 0.05) is 25.0 Å². The second-order valence-electron chi connectivity index (χ2n) is 7.92. The molecule has 3 rings (SSSR count). The van der Waals surface area contributed by atoms with Gasteiger partial charge in [-0.3, -0.25) is 9.59 Å². The molecule has 0 aromatic heterocycles. The van der Waals surface area contributed by atoms with Crippen LogP contribution in [0.25, 0.3) is 0 Å². The lowest BCUT2D eigenvalue weighted by Gasteiger charge is -2.30. The van der Waals surface area contributed by atoms with Gasteiger partial charge in [-0.15, -0.1) is 0 Å². The number of hydrogen-bond donors (Lipinski definition) is 2. The smallest absolute Gasteiger partial charge is 0.253 e. The van der Waals surface area contributed by atoms with E-state index in [-0.39, 0.29) is 29.5 Å².